The van der Waals surface area contributed by atoms with E-state index in [0.717, 1.165) is 31.4 Å². The summed E-state index contributed by atoms with van der Waals surface area (Å²) in [4.78, 5) is 13.0. The zero-order valence-corrected chi connectivity index (χ0v) is 9.73. The molecule has 2 N–H and O–H groups in total. The maximum Gasteiger partial charge on any atom is 0.236 e. The summed E-state index contributed by atoms with van der Waals surface area (Å²) in [6.45, 7) is 0.161. The Labute approximate surface area is 100 Å². The minimum absolute atomic E-state index is 0.161. The van der Waals surface area contributed by atoms with Crippen molar-refractivity contribution in [3.63, 3.8) is 0 Å². The van der Waals surface area contributed by atoms with Crippen molar-refractivity contribution in [1.29, 1.82) is 0 Å². The molecule has 1 aromatic rings. The molecule has 1 aliphatic carbocycles. The van der Waals surface area contributed by atoms with Crippen molar-refractivity contribution in [3.8, 4) is 0 Å². The standard InChI is InChI=1S/C13H17FN2O/c14-10-4-3-7-12(8-10)16(9-13(15)17)11-5-1-2-6-11/h3-4,7-8,11H,1-2,5-6,9H2,(H2,15,17). The fraction of sp³-hybridized carbons (Fsp3) is 0.462. The third-order valence-electron chi connectivity index (χ3n) is 3.23. The number of primary amides is 1. The summed E-state index contributed by atoms with van der Waals surface area (Å²) in [5.74, 6) is -0.656. The smallest absolute Gasteiger partial charge is 0.236 e. The Hall–Kier alpha value is -1.58. The van der Waals surface area contributed by atoms with Gasteiger partial charge in [0.2, 0.25) is 5.91 Å². The van der Waals surface area contributed by atoms with Crippen LogP contribution in [0.4, 0.5) is 10.1 Å². The van der Waals surface area contributed by atoms with Crippen molar-refractivity contribution in [2.75, 3.05) is 11.4 Å². The second-order valence-corrected chi connectivity index (χ2v) is 4.51. The average molecular weight is 236 g/mol. The summed E-state index contributed by atoms with van der Waals surface area (Å²) in [7, 11) is 0. The predicted molar refractivity (Wildman–Crippen MR) is 65.2 cm³/mol. The Balaban J connectivity index is 2.22. The number of halogens is 1. The number of carbonyl (C=O) groups excluding carboxylic acids is 1. The molecule has 1 saturated carbocycles. The molecular formula is C13H17FN2O. The average Bonchev–Trinajstić information content (AvgIpc) is 2.79. The van der Waals surface area contributed by atoms with Crippen molar-refractivity contribution in [2.24, 2.45) is 5.73 Å². The van der Waals surface area contributed by atoms with Gasteiger partial charge in [0, 0.05) is 11.7 Å². The molecule has 1 fully saturated rings. The summed E-state index contributed by atoms with van der Waals surface area (Å²) in [6.07, 6.45) is 4.41. The largest absolute Gasteiger partial charge is 0.368 e. The maximum absolute atomic E-state index is 13.2. The van der Waals surface area contributed by atoms with Crippen molar-refractivity contribution < 1.29 is 9.18 Å². The van der Waals surface area contributed by atoms with Gasteiger partial charge in [-0.05, 0) is 31.0 Å². The molecule has 1 aromatic carbocycles. The molecule has 0 spiro atoms. The van der Waals surface area contributed by atoms with Gasteiger partial charge in [-0.15, -0.1) is 0 Å². The maximum atomic E-state index is 13.2. The van der Waals surface area contributed by atoms with Gasteiger partial charge in [-0.2, -0.15) is 0 Å². The van der Waals surface area contributed by atoms with E-state index in [2.05, 4.69) is 0 Å². The molecule has 0 unspecified atom stereocenters. The quantitative estimate of drug-likeness (QED) is 0.869. The summed E-state index contributed by atoms with van der Waals surface area (Å²) >= 11 is 0. The van der Waals surface area contributed by atoms with Gasteiger partial charge in [0.1, 0.15) is 5.82 Å². The molecule has 0 aliphatic heterocycles. The first-order valence-electron chi connectivity index (χ1n) is 5.97. The monoisotopic (exact) mass is 236 g/mol. The molecular weight excluding hydrogens is 219 g/mol. The Morgan fingerprint density at radius 3 is 2.71 bits per heavy atom. The number of hydrogen-bond donors (Lipinski definition) is 1. The van der Waals surface area contributed by atoms with Crippen LogP contribution in [0, 0.1) is 5.82 Å². The van der Waals surface area contributed by atoms with Crippen LogP contribution in [0.1, 0.15) is 25.7 Å². The lowest BCUT2D eigenvalue weighted by Gasteiger charge is -2.29. The van der Waals surface area contributed by atoms with E-state index in [9.17, 15) is 9.18 Å². The van der Waals surface area contributed by atoms with E-state index < -0.39 is 0 Å². The molecule has 0 saturated heterocycles. The van der Waals surface area contributed by atoms with Gasteiger partial charge in [-0.25, -0.2) is 4.39 Å². The lowest BCUT2D eigenvalue weighted by atomic mass is 10.1. The molecule has 0 aromatic heterocycles. The molecule has 92 valence electrons. The molecule has 1 aliphatic rings. The van der Waals surface area contributed by atoms with Gasteiger partial charge in [0.05, 0.1) is 6.54 Å². The molecule has 2 rings (SSSR count). The van der Waals surface area contributed by atoms with Gasteiger partial charge >= 0.3 is 0 Å². The van der Waals surface area contributed by atoms with Crippen molar-refractivity contribution >= 4 is 11.6 Å². The van der Waals surface area contributed by atoms with Gasteiger partial charge in [0.25, 0.3) is 0 Å². The molecule has 0 bridgehead atoms. The van der Waals surface area contributed by atoms with Crippen molar-refractivity contribution in [1.82, 2.24) is 0 Å². The number of hydrogen-bond acceptors (Lipinski definition) is 2. The van der Waals surface area contributed by atoms with Crippen LogP contribution < -0.4 is 10.6 Å². The molecule has 3 nitrogen and oxygen atoms in total. The lowest BCUT2D eigenvalue weighted by Crippen LogP contribution is -2.40. The molecule has 17 heavy (non-hydrogen) atoms. The highest BCUT2D eigenvalue weighted by atomic mass is 19.1. The van der Waals surface area contributed by atoms with Gasteiger partial charge < -0.3 is 10.6 Å². The Kier molecular flexibility index (Phi) is 3.61. The van der Waals surface area contributed by atoms with Crippen LogP contribution in [0.5, 0.6) is 0 Å². The first kappa shape index (κ1) is 11.9. The summed E-state index contributed by atoms with van der Waals surface area (Å²) in [5.41, 5.74) is 6.01. The van der Waals surface area contributed by atoms with E-state index in [4.69, 9.17) is 5.73 Å². The number of benzene rings is 1. The predicted octanol–water partition coefficient (Wildman–Crippen LogP) is 2.06. The summed E-state index contributed by atoms with van der Waals surface area (Å²) in [5, 5.41) is 0. The number of anilines is 1. The number of rotatable bonds is 4. The third-order valence-corrected chi connectivity index (χ3v) is 3.23. The zero-order chi connectivity index (χ0) is 12.3. The normalized spacial score (nSPS) is 16.1. The molecule has 0 heterocycles. The second kappa shape index (κ2) is 5.17. The van der Waals surface area contributed by atoms with Crippen LogP contribution in [-0.4, -0.2) is 18.5 Å². The molecule has 1 amide bonds. The lowest BCUT2D eigenvalue weighted by molar-refractivity contribution is -0.116. The highest BCUT2D eigenvalue weighted by Crippen LogP contribution is 2.28. The van der Waals surface area contributed by atoms with Crippen LogP contribution in [0.3, 0.4) is 0 Å². The van der Waals surface area contributed by atoms with E-state index in [1.165, 1.54) is 12.1 Å². The highest BCUT2D eigenvalue weighted by molar-refractivity contribution is 5.79. The molecule has 0 atom stereocenters. The Bertz CT molecular complexity index is 402. The van der Waals surface area contributed by atoms with Crippen LogP contribution in [-0.2, 0) is 4.79 Å². The van der Waals surface area contributed by atoms with Gasteiger partial charge in [0.15, 0.2) is 0 Å². The Morgan fingerprint density at radius 1 is 1.41 bits per heavy atom. The fourth-order valence-corrected chi connectivity index (χ4v) is 2.47. The minimum atomic E-state index is -0.374. The van der Waals surface area contributed by atoms with Crippen molar-refractivity contribution in [2.45, 2.75) is 31.7 Å². The minimum Gasteiger partial charge on any atom is -0.368 e. The highest BCUT2D eigenvalue weighted by Gasteiger charge is 2.24. The van der Waals surface area contributed by atoms with Crippen LogP contribution in [0.2, 0.25) is 0 Å². The first-order valence-corrected chi connectivity index (χ1v) is 5.97. The Morgan fingerprint density at radius 2 is 2.12 bits per heavy atom. The van der Waals surface area contributed by atoms with Gasteiger partial charge in [-0.3, -0.25) is 4.79 Å². The van der Waals surface area contributed by atoms with E-state index in [1.807, 2.05) is 11.0 Å². The van der Waals surface area contributed by atoms with E-state index in [1.54, 1.807) is 6.07 Å². The van der Waals surface area contributed by atoms with Crippen LogP contribution in [0.15, 0.2) is 24.3 Å². The SMILES string of the molecule is NC(=O)CN(c1cccc(F)c1)C1CCCC1. The van der Waals surface area contributed by atoms with Crippen molar-refractivity contribution in [3.05, 3.63) is 30.1 Å². The van der Waals surface area contributed by atoms with Gasteiger partial charge in [-0.1, -0.05) is 18.9 Å². The van der Waals surface area contributed by atoms with E-state index >= 15 is 0 Å². The number of amides is 1. The number of nitrogens with two attached hydrogens (primary N) is 1. The van der Waals surface area contributed by atoms with E-state index in [-0.39, 0.29) is 18.3 Å². The molecule has 0 radical (unpaired) electrons. The second-order valence-electron chi connectivity index (χ2n) is 4.51. The third kappa shape index (κ3) is 2.96. The number of nitrogens with zero attached hydrogens (tertiary/aromatic N) is 1. The fourth-order valence-electron chi connectivity index (χ4n) is 2.47. The van der Waals surface area contributed by atoms with E-state index in [0.29, 0.717) is 6.04 Å². The van der Waals surface area contributed by atoms with Crippen LogP contribution >= 0.6 is 0 Å². The topological polar surface area (TPSA) is 46.3 Å². The zero-order valence-electron chi connectivity index (χ0n) is 9.73. The first-order chi connectivity index (χ1) is 8.16. The summed E-state index contributed by atoms with van der Waals surface area (Å²) < 4.78 is 13.2. The molecule has 4 heteroatoms. The summed E-state index contributed by atoms with van der Waals surface area (Å²) in [6, 6.07) is 6.66. The van der Waals surface area contributed by atoms with Crippen LogP contribution in [0.25, 0.3) is 0 Å². The number of carbonyl (C=O) groups is 1.